The summed E-state index contributed by atoms with van der Waals surface area (Å²) < 4.78 is 0. The molecule has 0 spiro atoms. The first-order chi connectivity index (χ1) is 7.86. The maximum atomic E-state index is 11.8. The maximum absolute atomic E-state index is 11.8. The highest BCUT2D eigenvalue weighted by Gasteiger charge is 2.22. The summed E-state index contributed by atoms with van der Waals surface area (Å²) in [4.78, 5) is 23.0. The summed E-state index contributed by atoms with van der Waals surface area (Å²) in [6.45, 7) is 5.59. The molecule has 4 heteroatoms. The summed E-state index contributed by atoms with van der Waals surface area (Å²) in [5.41, 5.74) is 2.08. The van der Waals surface area contributed by atoms with Crippen LogP contribution in [0.25, 0.3) is 0 Å². The average molecular weight is 232 g/mol. The second-order valence-electron chi connectivity index (χ2n) is 5.30. The standard InChI is InChI=1S/C13H16N2O2/c1-13(2,3)12(17)14-9-4-5-10-8(6-9)7-11(16)15-10/h4-6H,7H2,1-3H3,(H,14,17)(H,15,16). The minimum absolute atomic E-state index is 0.000650. The lowest BCUT2D eigenvalue weighted by molar-refractivity contribution is -0.123. The Morgan fingerprint density at radius 2 is 2.06 bits per heavy atom. The van der Waals surface area contributed by atoms with Crippen LogP contribution in [0.15, 0.2) is 18.2 Å². The zero-order valence-electron chi connectivity index (χ0n) is 10.3. The Hall–Kier alpha value is -1.84. The second-order valence-corrected chi connectivity index (χ2v) is 5.30. The molecule has 0 aliphatic carbocycles. The quantitative estimate of drug-likeness (QED) is 0.779. The van der Waals surface area contributed by atoms with Crippen molar-refractivity contribution in [1.29, 1.82) is 0 Å². The van der Waals surface area contributed by atoms with E-state index in [2.05, 4.69) is 10.6 Å². The van der Waals surface area contributed by atoms with Gasteiger partial charge in [0, 0.05) is 16.8 Å². The van der Waals surface area contributed by atoms with Gasteiger partial charge in [0.15, 0.2) is 0 Å². The SMILES string of the molecule is CC(C)(C)C(=O)Nc1ccc2c(c1)CC(=O)N2. The van der Waals surface area contributed by atoms with E-state index < -0.39 is 5.41 Å². The van der Waals surface area contributed by atoms with E-state index in [1.807, 2.05) is 32.9 Å². The summed E-state index contributed by atoms with van der Waals surface area (Å²) in [5.74, 6) is -0.0333. The van der Waals surface area contributed by atoms with Crippen molar-refractivity contribution in [3.63, 3.8) is 0 Å². The summed E-state index contributed by atoms with van der Waals surface area (Å²) in [5, 5.41) is 5.60. The van der Waals surface area contributed by atoms with Crippen molar-refractivity contribution in [2.45, 2.75) is 27.2 Å². The van der Waals surface area contributed by atoms with Crippen LogP contribution in [-0.2, 0) is 16.0 Å². The molecular weight excluding hydrogens is 216 g/mol. The molecule has 0 saturated heterocycles. The number of carbonyl (C=O) groups is 2. The van der Waals surface area contributed by atoms with Crippen LogP contribution in [0.2, 0.25) is 0 Å². The minimum atomic E-state index is -0.424. The van der Waals surface area contributed by atoms with Crippen molar-refractivity contribution in [3.8, 4) is 0 Å². The van der Waals surface area contributed by atoms with Crippen molar-refractivity contribution >= 4 is 23.2 Å². The molecule has 0 bridgehead atoms. The van der Waals surface area contributed by atoms with Crippen LogP contribution in [0.4, 0.5) is 11.4 Å². The van der Waals surface area contributed by atoms with E-state index in [4.69, 9.17) is 0 Å². The number of rotatable bonds is 1. The van der Waals surface area contributed by atoms with Gasteiger partial charge in [-0.05, 0) is 23.8 Å². The van der Waals surface area contributed by atoms with Gasteiger partial charge in [-0.2, -0.15) is 0 Å². The number of anilines is 2. The van der Waals surface area contributed by atoms with E-state index >= 15 is 0 Å². The molecule has 0 saturated carbocycles. The fourth-order valence-electron chi connectivity index (χ4n) is 1.63. The Morgan fingerprint density at radius 1 is 1.35 bits per heavy atom. The van der Waals surface area contributed by atoms with Crippen LogP contribution in [-0.4, -0.2) is 11.8 Å². The molecule has 1 heterocycles. The van der Waals surface area contributed by atoms with Crippen LogP contribution in [0, 0.1) is 5.41 Å². The van der Waals surface area contributed by atoms with Crippen molar-refractivity contribution in [1.82, 2.24) is 0 Å². The number of benzene rings is 1. The predicted molar refractivity (Wildman–Crippen MR) is 66.9 cm³/mol. The molecule has 0 aromatic heterocycles. The van der Waals surface area contributed by atoms with E-state index in [9.17, 15) is 9.59 Å². The zero-order valence-corrected chi connectivity index (χ0v) is 10.3. The molecule has 90 valence electrons. The average Bonchev–Trinajstić information content (AvgIpc) is 2.55. The normalized spacial score (nSPS) is 14.2. The molecule has 2 N–H and O–H groups in total. The molecule has 4 nitrogen and oxygen atoms in total. The van der Waals surface area contributed by atoms with Gasteiger partial charge >= 0.3 is 0 Å². The molecule has 1 aromatic carbocycles. The largest absolute Gasteiger partial charge is 0.326 e. The first kappa shape index (κ1) is 11.6. The lowest BCUT2D eigenvalue weighted by atomic mass is 9.95. The Kier molecular flexibility index (Phi) is 2.65. The molecule has 1 aliphatic heterocycles. The smallest absolute Gasteiger partial charge is 0.229 e. The highest BCUT2D eigenvalue weighted by Crippen LogP contribution is 2.27. The first-order valence-electron chi connectivity index (χ1n) is 5.60. The third-order valence-electron chi connectivity index (χ3n) is 2.67. The van der Waals surface area contributed by atoms with E-state index in [1.165, 1.54) is 0 Å². The number of amides is 2. The van der Waals surface area contributed by atoms with Gasteiger partial charge in [0.05, 0.1) is 6.42 Å². The number of hydrogen-bond acceptors (Lipinski definition) is 2. The van der Waals surface area contributed by atoms with E-state index in [1.54, 1.807) is 6.07 Å². The predicted octanol–water partition coefficient (Wildman–Crippen LogP) is 2.17. The van der Waals surface area contributed by atoms with Gasteiger partial charge in [0.25, 0.3) is 0 Å². The van der Waals surface area contributed by atoms with Crippen molar-refractivity contribution in [2.75, 3.05) is 10.6 Å². The molecule has 17 heavy (non-hydrogen) atoms. The van der Waals surface area contributed by atoms with Gasteiger partial charge in [-0.25, -0.2) is 0 Å². The van der Waals surface area contributed by atoms with Crippen LogP contribution in [0.3, 0.4) is 0 Å². The Balaban J connectivity index is 2.17. The lowest BCUT2D eigenvalue weighted by Crippen LogP contribution is -2.27. The van der Waals surface area contributed by atoms with Crippen molar-refractivity contribution < 1.29 is 9.59 Å². The van der Waals surface area contributed by atoms with Crippen LogP contribution in [0.5, 0.6) is 0 Å². The summed E-state index contributed by atoms with van der Waals surface area (Å²) in [6, 6.07) is 5.46. The summed E-state index contributed by atoms with van der Waals surface area (Å²) in [6.07, 6.45) is 0.383. The van der Waals surface area contributed by atoms with Crippen LogP contribution >= 0.6 is 0 Å². The van der Waals surface area contributed by atoms with Crippen molar-refractivity contribution in [3.05, 3.63) is 23.8 Å². The highest BCUT2D eigenvalue weighted by molar-refractivity contribution is 6.00. The monoisotopic (exact) mass is 232 g/mol. The molecule has 2 amide bonds. The minimum Gasteiger partial charge on any atom is -0.326 e. The van der Waals surface area contributed by atoms with Gasteiger partial charge in [-0.3, -0.25) is 9.59 Å². The summed E-state index contributed by atoms with van der Waals surface area (Å²) >= 11 is 0. The number of fused-ring (bicyclic) bond motifs is 1. The fraction of sp³-hybridized carbons (Fsp3) is 0.385. The lowest BCUT2D eigenvalue weighted by Gasteiger charge is -2.17. The Labute approximate surface area is 100 Å². The van der Waals surface area contributed by atoms with Gasteiger partial charge in [-0.1, -0.05) is 20.8 Å². The molecule has 2 rings (SSSR count). The second kappa shape index (κ2) is 3.87. The van der Waals surface area contributed by atoms with Crippen LogP contribution < -0.4 is 10.6 Å². The summed E-state index contributed by atoms with van der Waals surface area (Å²) in [7, 11) is 0. The number of nitrogens with one attached hydrogen (secondary N) is 2. The Bertz CT molecular complexity index is 487. The third-order valence-corrected chi connectivity index (χ3v) is 2.67. The van der Waals surface area contributed by atoms with E-state index in [-0.39, 0.29) is 11.8 Å². The van der Waals surface area contributed by atoms with E-state index in [0.717, 1.165) is 16.9 Å². The highest BCUT2D eigenvalue weighted by atomic mass is 16.2. The van der Waals surface area contributed by atoms with Gasteiger partial charge in [0.2, 0.25) is 11.8 Å². The first-order valence-corrected chi connectivity index (χ1v) is 5.60. The molecule has 1 aliphatic rings. The third kappa shape index (κ3) is 2.46. The Morgan fingerprint density at radius 3 is 2.71 bits per heavy atom. The maximum Gasteiger partial charge on any atom is 0.229 e. The molecule has 0 unspecified atom stereocenters. The molecule has 0 atom stereocenters. The number of carbonyl (C=O) groups excluding carboxylic acids is 2. The molecule has 0 fully saturated rings. The topological polar surface area (TPSA) is 58.2 Å². The van der Waals surface area contributed by atoms with Gasteiger partial charge in [0.1, 0.15) is 0 Å². The fourth-order valence-corrected chi connectivity index (χ4v) is 1.63. The zero-order chi connectivity index (χ0) is 12.6. The molecule has 0 radical (unpaired) electrons. The van der Waals surface area contributed by atoms with Gasteiger partial charge in [-0.15, -0.1) is 0 Å². The number of hydrogen-bond donors (Lipinski definition) is 2. The van der Waals surface area contributed by atoms with Crippen molar-refractivity contribution in [2.24, 2.45) is 5.41 Å². The molecule has 1 aromatic rings. The van der Waals surface area contributed by atoms with Gasteiger partial charge < -0.3 is 10.6 Å². The van der Waals surface area contributed by atoms with E-state index in [0.29, 0.717) is 6.42 Å². The van der Waals surface area contributed by atoms with Crippen LogP contribution in [0.1, 0.15) is 26.3 Å². The molecular formula is C13H16N2O2.